The minimum atomic E-state index is -0.0119. The maximum Gasteiger partial charge on any atom is 0.110 e. The second-order valence-electron chi connectivity index (χ2n) is 4.44. The largest absolute Gasteiger partial charge is 0.362 e. The van der Waals surface area contributed by atoms with Crippen molar-refractivity contribution in [3.8, 4) is 0 Å². The fraction of sp³-hybridized carbons (Fsp3) is 0.800. The molecule has 2 heteroatoms. The van der Waals surface area contributed by atoms with Gasteiger partial charge in [-0.15, -0.1) is 0 Å². The Kier molecular flexibility index (Phi) is 1.46. The Bertz CT molecular complexity index is 232. The molecule has 2 heterocycles. The fourth-order valence-electron chi connectivity index (χ4n) is 1.36. The van der Waals surface area contributed by atoms with Crippen LogP contribution in [0.4, 0.5) is 0 Å². The van der Waals surface area contributed by atoms with E-state index in [1.54, 1.807) is 0 Å². The maximum atomic E-state index is 5.42. The molecule has 2 saturated heterocycles. The van der Waals surface area contributed by atoms with Crippen molar-refractivity contribution in [1.82, 2.24) is 0 Å². The first-order valence-corrected chi connectivity index (χ1v) is 4.49. The molecule has 0 saturated carbocycles. The highest BCUT2D eigenvalue weighted by Crippen LogP contribution is 2.40. The van der Waals surface area contributed by atoms with Gasteiger partial charge < -0.3 is 9.47 Å². The third-order valence-corrected chi connectivity index (χ3v) is 2.84. The van der Waals surface area contributed by atoms with E-state index in [-0.39, 0.29) is 11.2 Å². The number of hydrogen-bond acceptors (Lipinski definition) is 2. The van der Waals surface area contributed by atoms with Gasteiger partial charge in [-0.3, -0.25) is 0 Å². The SMILES string of the molecule is C[C@H]1O[C@@]1(C)/C=C/[C@H]1OC1(C)C. The molecule has 68 valence electrons. The van der Waals surface area contributed by atoms with Crippen LogP contribution in [0.5, 0.6) is 0 Å². The summed E-state index contributed by atoms with van der Waals surface area (Å²) >= 11 is 0. The normalized spacial score (nSPS) is 49.7. The summed E-state index contributed by atoms with van der Waals surface area (Å²) in [5.74, 6) is 0. The van der Waals surface area contributed by atoms with Gasteiger partial charge >= 0.3 is 0 Å². The van der Waals surface area contributed by atoms with Crippen molar-refractivity contribution < 1.29 is 9.47 Å². The van der Waals surface area contributed by atoms with Crippen molar-refractivity contribution in [3.05, 3.63) is 12.2 Å². The van der Waals surface area contributed by atoms with Crippen LogP contribution >= 0.6 is 0 Å². The van der Waals surface area contributed by atoms with Gasteiger partial charge in [0, 0.05) is 0 Å². The molecule has 0 spiro atoms. The van der Waals surface area contributed by atoms with E-state index in [1.807, 2.05) is 0 Å². The highest BCUT2D eigenvalue weighted by Gasteiger charge is 2.49. The Morgan fingerprint density at radius 3 is 2.00 bits per heavy atom. The lowest BCUT2D eigenvalue weighted by atomic mass is 10.1. The molecule has 0 unspecified atom stereocenters. The van der Waals surface area contributed by atoms with E-state index in [0.29, 0.717) is 12.2 Å². The standard InChI is InChI=1S/C10H16O2/c1-7-10(4,11-7)6-5-8-9(2,3)12-8/h5-8H,1-4H3/b6-5+/t7-,8-,10+/m1/s1. The third-order valence-electron chi connectivity index (χ3n) is 2.84. The fourth-order valence-corrected chi connectivity index (χ4v) is 1.36. The van der Waals surface area contributed by atoms with E-state index in [4.69, 9.17) is 9.47 Å². The van der Waals surface area contributed by atoms with Crippen LogP contribution in [-0.2, 0) is 9.47 Å². The van der Waals surface area contributed by atoms with E-state index >= 15 is 0 Å². The van der Waals surface area contributed by atoms with Crippen molar-refractivity contribution in [3.63, 3.8) is 0 Å². The number of epoxide rings is 2. The highest BCUT2D eigenvalue weighted by molar-refractivity contribution is 5.18. The first kappa shape index (κ1) is 8.27. The molecule has 2 rings (SSSR count). The summed E-state index contributed by atoms with van der Waals surface area (Å²) in [6, 6.07) is 0. The van der Waals surface area contributed by atoms with Gasteiger partial charge in [0.1, 0.15) is 11.7 Å². The van der Waals surface area contributed by atoms with E-state index in [1.165, 1.54) is 0 Å². The summed E-state index contributed by atoms with van der Waals surface area (Å²) in [5, 5.41) is 0. The summed E-state index contributed by atoms with van der Waals surface area (Å²) < 4.78 is 10.8. The molecule has 0 aromatic heterocycles. The van der Waals surface area contributed by atoms with Crippen LogP contribution in [0.15, 0.2) is 12.2 Å². The Morgan fingerprint density at radius 1 is 1.17 bits per heavy atom. The molecule has 2 aliphatic heterocycles. The topological polar surface area (TPSA) is 25.1 Å². The van der Waals surface area contributed by atoms with Gasteiger partial charge in [-0.05, 0) is 27.7 Å². The summed E-state index contributed by atoms with van der Waals surface area (Å²) in [4.78, 5) is 0. The van der Waals surface area contributed by atoms with Gasteiger partial charge in [0.2, 0.25) is 0 Å². The maximum absolute atomic E-state index is 5.42. The van der Waals surface area contributed by atoms with Crippen LogP contribution in [-0.4, -0.2) is 23.4 Å². The van der Waals surface area contributed by atoms with Crippen LogP contribution in [0.2, 0.25) is 0 Å². The molecule has 0 aromatic carbocycles. The van der Waals surface area contributed by atoms with Crippen LogP contribution in [0.1, 0.15) is 27.7 Å². The van der Waals surface area contributed by atoms with E-state index in [0.717, 1.165) is 0 Å². The molecule has 2 nitrogen and oxygen atoms in total. The number of rotatable bonds is 2. The Morgan fingerprint density at radius 2 is 1.67 bits per heavy atom. The first-order chi connectivity index (χ1) is 5.44. The smallest absolute Gasteiger partial charge is 0.110 e. The molecule has 12 heavy (non-hydrogen) atoms. The molecule has 0 radical (unpaired) electrons. The molecule has 2 fully saturated rings. The average Bonchev–Trinajstić information content (AvgIpc) is 2.72. The summed E-state index contributed by atoms with van der Waals surface area (Å²) in [6.45, 7) is 8.38. The minimum Gasteiger partial charge on any atom is -0.362 e. The van der Waals surface area contributed by atoms with Crippen LogP contribution in [0.3, 0.4) is 0 Å². The lowest BCUT2D eigenvalue weighted by Crippen LogP contribution is -2.05. The highest BCUT2D eigenvalue weighted by atomic mass is 16.6. The van der Waals surface area contributed by atoms with Crippen molar-refractivity contribution in [2.45, 2.75) is 51.1 Å². The van der Waals surface area contributed by atoms with Crippen LogP contribution < -0.4 is 0 Å². The second kappa shape index (κ2) is 2.12. The molecule has 0 aromatic rings. The zero-order chi connectivity index (χ0) is 8.98. The van der Waals surface area contributed by atoms with E-state index < -0.39 is 0 Å². The third kappa shape index (κ3) is 1.29. The molecule has 3 atom stereocenters. The van der Waals surface area contributed by atoms with E-state index in [9.17, 15) is 0 Å². The van der Waals surface area contributed by atoms with Gasteiger partial charge in [-0.2, -0.15) is 0 Å². The zero-order valence-electron chi connectivity index (χ0n) is 8.13. The zero-order valence-corrected chi connectivity index (χ0v) is 8.13. The Labute approximate surface area is 73.5 Å². The lowest BCUT2D eigenvalue weighted by Gasteiger charge is -1.94. The average molecular weight is 168 g/mol. The molecule has 0 aliphatic carbocycles. The predicted octanol–water partition coefficient (Wildman–Crippen LogP) is 1.90. The minimum absolute atomic E-state index is 0.0119. The summed E-state index contributed by atoms with van der Waals surface area (Å²) in [5.41, 5.74) is 0.0486. The summed E-state index contributed by atoms with van der Waals surface area (Å²) in [6.07, 6.45) is 4.90. The van der Waals surface area contributed by atoms with Gasteiger partial charge in [0.25, 0.3) is 0 Å². The van der Waals surface area contributed by atoms with Gasteiger partial charge in [-0.25, -0.2) is 0 Å². The summed E-state index contributed by atoms with van der Waals surface area (Å²) in [7, 11) is 0. The predicted molar refractivity (Wildman–Crippen MR) is 47.0 cm³/mol. The molecular weight excluding hydrogens is 152 g/mol. The molecule has 0 amide bonds. The van der Waals surface area contributed by atoms with E-state index in [2.05, 4.69) is 39.8 Å². The second-order valence-corrected chi connectivity index (χ2v) is 4.44. The van der Waals surface area contributed by atoms with Gasteiger partial charge in [-0.1, -0.05) is 12.2 Å². The van der Waals surface area contributed by atoms with Crippen LogP contribution in [0.25, 0.3) is 0 Å². The quantitative estimate of drug-likeness (QED) is 0.464. The molecule has 2 aliphatic rings. The van der Waals surface area contributed by atoms with Gasteiger partial charge in [0.05, 0.1) is 11.7 Å². The van der Waals surface area contributed by atoms with Crippen molar-refractivity contribution >= 4 is 0 Å². The molecule has 0 bridgehead atoms. The Balaban J connectivity index is 1.89. The van der Waals surface area contributed by atoms with Crippen molar-refractivity contribution in [2.24, 2.45) is 0 Å². The Hall–Kier alpha value is -0.340. The number of ether oxygens (including phenoxy) is 2. The molecular formula is C10H16O2. The molecule has 0 N–H and O–H groups in total. The number of hydrogen-bond donors (Lipinski definition) is 0. The van der Waals surface area contributed by atoms with Crippen molar-refractivity contribution in [1.29, 1.82) is 0 Å². The monoisotopic (exact) mass is 168 g/mol. The van der Waals surface area contributed by atoms with Crippen molar-refractivity contribution in [2.75, 3.05) is 0 Å². The van der Waals surface area contributed by atoms with Crippen LogP contribution in [0, 0.1) is 0 Å². The van der Waals surface area contributed by atoms with Gasteiger partial charge in [0.15, 0.2) is 0 Å². The first-order valence-electron chi connectivity index (χ1n) is 4.49. The lowest BCUT2D eigenvalue weighted by molar-refractivity contribution is 0.331.